The van der Waals surface area contributed by atoms with Gasteiger partial charge in [0, 0.05) is 10.6 Å². The summed E-state index contributed by atoms with van der Waals surface area (Å²) in [4.78, 5) is 12.2. The first-order valence-electron chi connectivity index (χ1n) is 8.31. The second-order valence-electron chi connectivity index (χ2n) is 5.65. The number of urea groups is 1. The van der Waals surface area contributed by atoms with Gasteiger partial charge >= 0.3 is 6.03 Å². The third-order valence-corrected chi connectivity index (χ3v) is 4.02. The fourth-order valence-electron chi connectivity index (χ4n) is 2.37. The van der Waals surface area contributed by atoms with Crippen molar-refractivity contribution in [2.75, 3.05) is 5.32 Å². The molecule has 0 unspecified atom stereocenters. The molecule has 5 nitrogen and oxygen atoms in total. The Balaban J connectivity index is 1.68. The number of para-hydroxylation sites is 3. The average Bonchev–Trinajstić information content (AvgIpc) is 2.69. The van der Waals surface area contributed by atoms with Gasteiger partial charge in [0.05, 0.1) is 11.4 Å². The van der Waals surface area contributed by atoms with Crippen LogP contribution >= 0.6 is 11.6 Å². The Labute approximate surface area is 162 Å². The van der Waals surface area contributed by atoms with Crippen molar-refractivity contribution in [2.24, 2.45) is 5.10 Å². The molecule has 0 bridgehead atoms. The molecule has 0 aliphatic carbocycles. The SMILES string of the molecule is C/C(=N\NC(=O)Nc1ccccc1Oc1ccccc1)c1ccccc1Cl. The van der Waals surface area contributed by atoms with E-state index in [2.05, 4.69) is 15.8 Å². The van der Waals surface area contributed by atoms with Gasteiger partial charge in [0.15, 0.2) is 5.75 Å². The number of hydrazone groups is 1. The molecule has 2 amide bonds. The Morgan fingerprint density at radius 2 is 1.59 bits per heavy atom. The molecule has 3 rings (SSSR count). The van der Waals surface area contributed by atoms with E-state index in [-0.39, 0.29) is 0 Å². The normalized spacial score (nSPS) is 11.0. The number of amides is 2. The zero-order valence-electron chi connectivity index (χ0n) is 14.6. The minimum absolute atomic E-state index is 0.481. The van der Waals surface area contributed by atoms with E-state index in [0.717, 1.165) is 5.56 Å². The summed E-state index contributed by atoms with van der Waals surface area (Å²) >= 11 is 6.14. The fourth-order valence-corrected chi connectivity index (χ4v) is 2.65. The van der Waals surface area contributed by atoms with Crippen molar-refractivity contribution in [2.45, 2.75) is 6.92 Å². The van der Waals surface area contributed by atoms with Crippen molar-refractivity contribution in [3.05, 3.63) is 89.4 Å². The van der Waals surface area contributed by atoms with Crippen LogP contribution in [0.3, 0.4) is 0 Å². The van der Waals surface area contributed by atoms with E-state index < -0.39 is 6.03 Å². The Morgan fingerprint density at radius 1 is 0.926 bits per heavy atom. The maximum Gasteiger partial charge on any atom is 0.339 e. The number of hydrogen-bond donors (Lipinski definition) is 2. The minimum atomic E-state index is -0.481. The number of benzene rings is 3. The summed E-state index contributed by atoms with van der Waals surface area (Å²) in [6, 6.07) is 23.3. The maximum absolute atomic E-state index is 12.2. The van der Waals surface area contributed by atoms with Crippen molar-refractivity contribution in [1.29, 1.82) is 0 Å². The summed E-state index contributed by atoms with van der Waals surface area (Å²) in [6.45, 7) is 1.77. The number of nitrogens with one attached hydrogen (secondary N) is 2. The van der Waals surface area contributed by atoms with Crippen molar-refractivity contribution in [3.8, 4) is 11.5 Å². The summed E-state index contributed by atoms with van der Waals surface area (Å²) in [6.07, 6.45) is 0. The maximum atomic E-state index is 12.2. The third-order valence-electron chi connectivity index (χ3n) is 3.70. The van der Waals surface area contributed by atoms with Gasteiger partial charge in [-0.25, -0.2) is 10.2 Å². The lowest BCUT2D eigenvalue weighted by Crippen LogP contribution is -2.25. The Morgan fingerprint density at radius 3 is 2.37 bits per heavy atom. The number of rotatable bonds is 5. The van der Waals surface area contributed by atoms with Gasteiger partial charge in [-0.2, -0.15) is 5.10 Å². The van der Waals surface area contributed by atoms with Gasteiger partial charge in [-0.3, -0.25) is 0 Å². The highest BCUT2D eigenvalue weighted by Gasteiger charge is 2.09. The van der Waals surface area contributed by atoms with E-state index in [1.54, 1.807) is 25.1 Å². The molecule has 0 atom stereocenters. The fraction of sp³-hybridized carbons (Fsp3) is 0.0476. The largest absolute Gasteiger partial charge is 0.455 e. The molecule has 0 fully saturated rings. The van der Waals surface area contributed by atoms with Crippen LogP contribution in [0.4, 0.5) is 10.5 Å². The van der Waals surface area contributed by atoms with Gasteiger partial charge in [0.25, 0.3) is 0 Å². The molecule has 0 aromatic heterocycles. The van der Waals surface area contributed by atoms with Crippen molar-refractivity contribution in [1.82, 2.24) is 5.43 Å². The predicted molar refractivity (Wildman–Crippen MR) is 109 cm³/mol. The van der Waals surface area contributed by atoms with E-state index in [1.807, 2.05) is 60.7 Å². The van der Waals surface area contributed by atoms with Gasteiger partial charge in [-0.15, -0.1) is 0 Å². The Kier molecular flexibility index (Phi) is 6.07. The number of carbonyl (C=O) groups excluding carboxylic acids is 1. The lowest BCUT2D eigenvalue weighted by atomic mass is 10.1. The van der Waals surface area contributed by atoms with Crippen LogP contribution in [0.25, 0.3) is 0 Å². The number of halogens is 1. The zero-order chi connectivity index (χ0) is 19.1. The summed E-state index contributed by atoms with van der Waals surface area (Å²) in [5, 5.41) is 7.40. The predicted octanol–water partition coefficient (Wildman–Crippen LogP) is 5.68. The van der Waals surface area contributed by atoms with E-state index in [1.165, 1.54) is 0 Å². The summed E-state index contributed by atoms with van der Waals surface area (Å²) in [5.41, 5.74) is 4.36. The lowest BCUT2D eigenvalue weighted by molar-refractivity contribution is 0.252. The van der Waals surface area contributed by atoms with Crippen LogP contribution in [0.1, 0.15) is 12.5 Å². The van der Waals surface area contributed by atoms with Crippen molar-refractivity contribution in [3.63, 3.8) is 0 Å². The third kappa shape index (κ3) is 5.09. The van der Waals surface area contributed by atoms with Crippen LogP contribution < -0.4 is 15.5 Å². The minimum Gasteiger partial charge on any atom is -0.455 e. The van der Waals surface area contributed by atoms with E-state index >= 15 is 0 Å². The van der Waals surface area contributed by atoms with Crippen molar-refractivity contribution >= 4 is 29.0 Å². The lowest BCUT2D eigenvalue weighted by Gasteiger charge is -2.12. The quantitative estimate of drug-likeness (QED) is 0.442. The standard InChI is InChI=1S/C21H18ClN3O2/c1-15(17-11-5-6-12-18(17)22)24-25-21(26)23-19-13-7-8-14-20(19)27-16-9-3-2-4-10-16/h2-14H,1H3,(H2,23,25,26)/b24-15+. The number of ether oxygens (including phenoxy) is 1. The van der Waals surface area contributed by atoms with E-state index in [9.17, 15) is 4.79 Å². The van der Waals surface area contributed by atoms with Gasteiger partial charge < -0.3 is 10.1 Å². The highest BCUT2D eigenvalue weighted by atomic mass is 35.5. The highest BCUT2D eigenvalue weighted by Crippen LogP contribution is 2.28. The number of carbonyl (C=O) groups is 1. The highest BCUT2D eigenvalue weighted by molar-refractivity contribution is 6.34. The molecule has 27 heavy (non-hydrogen) atoms. The molecule has 0 saturated carbocycles. The molecule has 3 aromatic rings. The van der Waals surface area contributed by atoms with E-state index in [4.69, 9.17) is 16.3 Å². The number of anilines is 1. The molecule has 2 N–H and O–H groups in total. The molecule has 0 spiro atoms. The Hall–Kier alpha value is -3.31. The van der Waals surface area contributed by atoms with Crippen LogP contribution in [0.2, 0.25) is 5.02 Å². The first-order valence-corrected chi connectivity index (χ1v) is 8.69. The molecule has 6 heteroatoms. The summed E-state index contributed by atoms with van der Waals surface area (Å²) in [7, 11) is 0. The van der Waals surface area contributed by atoms with Crippen LogP contribution in [0.5, 0.6) is 11.5 Å². The van der Waals surface area contributed by atoms with Crippen LogP contribution in [0, 0.1) is 0 Å². The molecule has 0 heterocycles. The van der Waals surface area contributed by atoms with Crippen LogP contribution in [-0.4, -0.2) is 11.7 Å². The first kappa shape index (κ1) is 18.5. The molecule has 0 aliphatic heterocycles. The van der Waals surface area contributed by atoms with Gasteiger partial charge in [0.1, 0.15) is 5.75 Å². The molecule has 3 aromatic carbocycles. The second kappa shape index (κ2) is 8.87. The first-order chi connectivity index (χ1) is 13.1. The molecule has 0 saturated heterocycles. The van der Waals surface area contributed by atoms with E-state index in [0.29, 0.717) is 27.9 Å². The summed E-state index contributed by atoms with van der Waals surface area (Å²) < 4.78 is 5.83. The smallest absolute Gasteiger partial charge is 0.339 e. The topological polar surface area (TPSA) is 62.7 Å². The summed E-state index contributed by atoms with van der Waals surface area (Å²) in [5.74, 6) is 1.21. The van der Waals surface area contributed by atoms with Crippen molar-refractivity contribution < 1.29 is 9.53 Å². The van der Waals surface area contributed by atoms with Crippen LogP contribution in [0.15, 0.2) is 84.0 Å². The average molecular weight is 380 g/mol. The zero-order valence-corrected chi connectivity index (χ0v) is 15.4. The Bertz CT molecular complexity index is 958. The molecule has 0 radical (unpaired) electrons. The molecule has 0 aliphatic rings. The molecular formula is C21H18ClN3O2. The number of hydrogen-bond acceptors (Lipinski definition) is 3. The van der Waals surface area contributed by atoms with Gasteiger partial charge in [-0.1, -0.05) is 60.1 Å². The molecular weight excluding hydrogens is 362 g/mol. The second-order valence-corrected chi connectivity index (χ2v) is 6.06. The molecule has 136 valence electrons. The van der Waals surface area contributed by atoms with Gasteiger partial charge in [0.2, 0.25) is 0 Å². The van der Waals surface area contributed by atoms with Crippen LogP contribution in [-0.2, 0) is 0 Å². The number of nitrogens with zero attached hydrogens (tertiary/aromatic N) is 1. The van der Waals surface area contributed by atoms with Gasteiger partial charge in [-0.05, 0) is 37.3 Å². The monoisotopic (exact) mass is 379 g/mol.